The van der Waals surface area contributed by atoms with Crippen LogP contribution in [0.5, 0.6) is 0 Å². The first-order chi connectivity index (χ1) is 10.0. The number of hydrogen-bond donors (Lipinski definition) is 0. The molecule has 0 saturated carbocycles. The molecule has 0 aliphatic heterocycles. The van der Waals surface area contributed by atoms with E-state index in [2.05, 4.69) is 44.1 Å². The molecule has 0 unspecified atom stereocenters. The van der Waals surface area contributed by atoms with Gasteiger partial charge in [0.15, 0.2) is 14.1 Å². The second kappa shape index (κ2) is 5.83. The highest BCUT2D eigenvalue weighted by molar-refractivity contribution is 6.74. The maximum absolute atomic E-state index is 6.26. The van der Waals surface area contributed by atoms with E-state index in [0.717, 1.165) is 11.3 Å². The van der Waals surface area contributed by atoms with Gasteiger partial charge in [-0.15, -0.1) is 0 Å². The van der Waals surface area contributed by atoms with Gasteiger partial charge in [-0.1, -0.05) is 37.5 Å². The molecular weight excluding hydrogens is 318 g/mol. The first-order valence-corrected chi connectivity index (χ1v) is 10.6. The van der Waals surface area contributed by atoms with Gasteiger partial charge in [-0.3, -0.25) is 4.68 Å². The number of hydrogen-bond acceptors (Lipinski definition) is 4. The maximum Gasteiger partial charge on any atom is 0.192 e. The first kappa shape index (κ1) is 17.2. The third kappa shape index (κ3) is 3.29. The van der Waals surface area contributed by atoms with Gasteiger partial charge in [-0.05, 0) is 25.1 Å². The summed E-state index contributed by atoms with van der Waals surface area (Å²) in [7, 11) is 0.000222. The number of rotatable bonds is 4. The van der Waals surface area contributed by atoms with Crippen LogP contribution in [0.1, 0.15) is 32.2 Å². The summed E-state index contributed by atoms with van der Waals surface area (Å²) in [6.45, 7) is 13.4. The quantitative estimate of drug-likeness (QED) is 0.765. The van der Waals surface area contributed by atoms with Crippen molar-refractivity contribution in [3.63, 3.8) is 0 Å². The van der Waals surface area contributed by atoms with Gasteiger partial charge in [0.2, 0.25) is 0 Å². The Kier molecular flexibility index (Phi) is 4.57. The Bertz CT molecular complexity index is 671. The Morgan fingerprint density at radius 1 is 1.36 bits per heavy atom. The minimum Gasteiger partial charge on any atom is -0.409 e. The fourth-order valence-electron chi connectivity index (χ4n) is 1.89. The van der Waals surface area contributed by atoms with E-state index in [1.54, 1.807) is 11.7 Å². The summed E-state index contributed by atoms with van der Waals surface area (Å²) in [5.74, 6) is 0.708. The lowest BCUT2D eigenvalue weighted by atomic mass is 10.2. The van der Waals surface area contributed by atoms with Gasteiger partial charge >= 0.3 is 0 Å². The average molecular weight is 342 g/mol. The minimum absolute atomic E-state index is 0.166. The minimum atomic E-state index is -1.81. The van der Waals surface area contributed by atoms with Crippen molar-refractivity contribution in [2.45, 2.75) is 52.4 Å². The first-order valence-electron chi connectivity index (χ1n) is 7.32. The molecule has 2 aromatic heterocycles. The molecule has 7 heteroatoms. The summed E-state index contributed by atoms with van der Waals surface area (Å²) in [5.41, 5.74) is 2.34. The molecule has 0 bridgehead atoms. The largest absolute Gasteiger partial charge is 0.409 e. The third-order valence-corrected chi connectivity index (χ3v) is 9.26. The molecule has 122 valence electrons. The number of nitrogens with zero attached hydrogens (tertiary/aromatic N) is 3. The molecule has 0 aromatic carbocycles. The van der Waals surface area contributed by atoms with Crippen LogP contribution in [0, 0.1) is 6.92 Å². The van der Waals surface area contributed by atoms with E-state index < -0.39 is 8.32 Å². The molecular formula is C15H24ClN3O2Si. The van der Waals surface area contributed by atoms with Gasteiger partial charge in [-0.2, -0.15) is 5.10 Å². The summed E-state index contributed by atoms with van der Waals surface area (Å²) in [6, 6.07) is 1.88. The van der Waals surface area contributed by atoms with Crippen molar-refractivity contribution in [2.24, 2.45) is 7.05 Å². The van der Waals surface area contributed by atoms with Crippen LogP contribution in [0.2, 0.25) is 23.3 Å². The van der Waals surface area contributed by atoms with E-state index in [-0.39, 0.29) is 5.04 Å². The summed E-state index contributed by atoms with van der Waals surface area (Å²) in [5, 5.41) is 9.12. The molecule has 0 radical (unpaired) electrons. The molecule has 0 atom stereocenters. The lowest BCUT2D eigenvalue weighted by molar-refractivity contribution is 0.230. The highest BCUT2D eigenvalue weighted by Crippen LogP contribution is 2.37. The standard InChI is InChI=1S/C15H24ClN3O2Si/c1-10-13(14(16)19(5)17-10)12-8-11(21-18-12)9-20-22(6,7)15(2,3)4/h8H,9H2,1-7H3. The van der Waals surface area contributed by atoms with Crippen LogP contribution < -0.4 is 0 Å². The average Bonchev–Trinajstić information content (AvgIpc) is 2.92. The Morgan fingerprint density at radius 3 is 2.50 bits per heavy atom. The molecule has 22 heavy (non-hydrogen) atoms. The summed E-state index contributed by atoms with van der Waals surface area (Å²) < 4.78 is 13.2. The van der Waals surface area contributed by atoms with Gasteiger partial charge in [0.05, 0.1) is 17.9 Å². The SMILES string of the molecule is Cc1nn(C)c(Cl)c1-c1cc(CO[Si](C)(C)C(C)(C)C)on1. The predicted molar refractivity (Wildman–Crippen MR) is 90.4 cm³/mol. The molecule has 0 spiro atoms. The molecule has 0 saturated heterocycles. The molecule has 0 fully saturated rings. The molecule has 0 amide bonds. The fraction of sp³-hybridized carbons (Fsp3) is 0.600. The van der Waals surface area contributed by atoms with Gasteiger partial charge in [0, 0.05) is 13.1 Å². The van der Waals surface area contributed by atoms with Crippen LogP contribution in [0.15, 0.2) is 10.6 Å². The fourth-order valence-corrected chi connectivity index (χ4v) is 3.10. The zero-order valence-electron chi connectivity index (χ0n) is 14.3. The van der Waals surface area contributed by atoms with E-state index in [4.69, 9.17) is 20.6 Å². The van der Waals surface area contributed by atoms with E-state index in [0.29, 0.717) is 23.2 Å². The van der Waals surface area contributed by atoms with Crippen LogP contribution in [-0.2, 0) is 18.1 Å². The highest BCUT2D eigenvalue weighted by Gasteiger charge is 2.37. The summed E-state index contributed by atoms with van der Waals surface area (Å²) >= 11 is 6.26. The molecule has 2 heterocycles. The molecule has 0 aliphatic carbocycles. The van der Waals surface area contributed by atoms with Crippen molar-refractivity contribution in [3.8, 4) is 11.3 Å². The van der Waals surface area contributed by atoms with Crippen molar-refractivity contribution < 1.29 is 8.95 Å². The number of halogens is 1. The van der Waals surface area contributed by atoms with Gasteiger partial charge < -0.3 is 8.95 Å². The smallest absolute Gasteiger partial charge is 0.192 e. The Morgan fingerprint density at radius 2 is 2.00 bits per heavy atom. The van der Waals surface area contributed by atoms with Crippen molar-refractivity contribution in [1.82, 2.24) is 14.9 Å². The van der Waals surface area contributed by atoms with Crippen LogP contribution in [0.4, 0.5) is 0 Å². The van der Waals surface area contributed by atoms with E-state index >= 15 is 0 Å². The van der Waals surface area contributed by atoms with Crippen molar-refractivity contribution in [3.05, 3.63) is 22.7 Å². The molecule has 0 N–H and O–H groups in total. The van der Waals surface area contributed by atoms with Crippen LogP contribution in [-0.4, -0.2) is 23.3 Å². The van der Waals surface area contributed by atoms with Crippen molar-refractivity contribution >= 4 is 19.9 Å². The summed E-state index contributed by atoms with van der Waals surface area (Å²) in [4.78, 5) is 0. The van der Waals surface area contributed by atoms with Crippen LogP contribution >= 0.6 is 11.6 Å². The zero-order valence-corrected chi connectivity index (χ0v) is 16.1. The predicted octanol–water partition coefficient (Wildman–Crippen LogP) is 4.56. The molecule has 2 rings (SSSR count). The lowest BCUT2D eigenvalue weighted by Gasteiger charge is -2.35. The Labute approximate surface area is 137 Å². The second-order valence-electron chi connectivity index (χ2n) is 7.10. The van der Waals surface area contributed by atoms with Crippen LogP contribution in [0.25, 0.3) is 11.3 Å². The van der Waals surface area contributed by atoms with E-state index in [1.165, 1.54) is 0 Å². The molecule has 0 aliphatic rings. The van der Waals surface area contributed by atoms with E-state index in [1.807, 2.05) is 13.0 Å². The van der Waals surface area contributed by atoms with E-state index in [9.17, 15) is 0 Å². The summed E-state index contributed by atoms with van der Waals surface area (Å²) in [6.07, 6.45) is 0. The Balaban J connectivity index is 2.16. The van der Waals surface area contributed by atoms with Gasteiger partial charge in [-0.25, -0.2) is 0 Å². The van der Waals surface area contributed by atoms with Crippen molar-refractivity contribution in [2.75, 3.05) is 0 Å². The maximum atomic E-state index is 6.26. The monoisotopic (exact) mass is 341 g/mol. The van der Waals surface area contributed by atoms with Gasteiger partial charge in [0.25, 0.3) is 0 Å². The van der Waals surface area contributed by atoms with Crippen LogP contribution in [0.3, 0.4) is 0 Å². The zero-order chi connectivity index (χ0) is 16.7. The second-order valence-corrected chi connectivity index (χ2v) is 12.3. The normalized spacial score (nSPS) is 12.9. The van der Waals surface area contributed by atoms with Gasteiger partial charge in [0.1, 0.15) is 10.8 Å². The lowest BCUT2D eigenvalue weighted by Crippen LogP contribution is -2.40. The molecule has 2 aromatic rings. The third-order valence-electron chi connectivity index (χ3n) is 4.35. The highest BCUT2D eigenvalue weighted by atomic mass is 35.5. The van der Waals surface area contributed by atoms with Crippen molar-refractivity contribution in [1.29, 1.82) is 0 Å². The Hall–Kier alpha value is -1.11. The number of aryl methyl sites for hydroxylation is 2. The molecule has 5 nitrogen and oxygen atoms in total. The number of aromatic nitrogens is 3. The topological polar surface area (TPSA) is 53.1 Å².